The normalized spacial score (nSPS) is 16.5. The Labute approximate surface area is 219 Å². The van der Waals surface area contributed by atoms with Gasteiger partial charge in [-0.1, -0.05) is 65.1 Å². The van der Waals surface area contributed by atoms with E-state index in [1.165, 1.54) is 4.90 Å². The molecule has 1 aliphatic heterocycles. The van der Waals surface area contributed by atoms with Crippen molar-refractivity contribution in [1.29, 1.82) is 0 Å². The molecule has 1 atom stereocenters. The molecule has 1 amide bonds. The first-order valence-corrected chi connectivity index (χ1v) is 12.3. The van der Waals surface area contributed by atoms with Crippen molar-refractivity contribution in [3.8, 4) is 5.75 Å². The number of benzene rings is 3. The maximum absolute atomic E-state index is 13.5. The summed E-state index contributed by atoms with van der Waals surface area (Å²) in [7, 11) is 0. The van der Waals surface area contributed by atoms with Gasteiger partial charge in [-0.05, 0) is 53.9 Å². The number of carboxylic acid groups (broad SMARTS) is 1. The number of halogens is 3. The summed E-state index contributed by atoms with van der Waals surface area (Å²) in [6.07, 6.45) is 1.06. The lowest BCUT2D eigenvalue weighted by Gasteiger charge is -2.24. The summed E-state index contributed by atoms with van der Waals surface area (Å²) in [5.41, 5.74) is 2.53. The number of hydrogen-bond donors (Lipinski definition) is 1. The van der Waals surface area contributed by atoms with Gasteiger partial charge in [-0.15, -0.1) is 0 Å². The smallest absolute Gasteiger partial charge is 0.305 e. The molecule has 3 aromatic carbocycles. The molecule has 0 radical (unpaired) electrons. The molecule has 5 nitrogen and oxygen atoms in total. The number of amides is 1. The summed E-state index contributed by atoms with van der Waals surface area (Å²) >= 11 is 18.8. The van der Waals surface area contributed by atoms with Crippen molar-refractivity contribution in [2.75, 3.05) is 6.54 Å². The number of rotatable bonds is 8. The Bertz CT molecular complexity index is 1280. The SMILES string of the molecule is C[C@]1(Cc2ccccc2Cl)Cc2cc(C(=O)N(CCC(=O)O)Cc3cccc(Cl)c3Cl)ccc2O1. The van der Waals surface area contributed by atoms with Gasteiger partial charge in [-0.3, -0.25) is 9.59 Å². The topological polar surface area (TPSA) is 66.8 Å². The first-order valence-electron chi connectivity index (χ1n) is 11.1. The summed E-state index contributed by atoms with van der Waals surface area (Å²) in [5, 5.41) is 10.6. The third-order valence-corrected chi connectivity index (χ3v) is 7.25. The van der Waals surface area contributed by atoms with Crippen molar-refractivity contribution in [3.05, 3.63) is 98.0 Å². The van der Waals surface area contributed by atoms with Crippen molar-refractivity contribution in [1.82, 2.24) is 4.90 Å². The first-order chi connectivity index (χ1) is 16.6. The molecule has 0 saturated carbocycles. The first kappa shape index (κ1) is 25.4. The van der Waals surface area contributed by atoms with Crippen LogP contribution >= 0.6 is 34.8 Å². The molecule has 1 heterocycles. The Morgan fingerprint density at radius 3 is 2.46 bits per heavy atom. The number of fused-ring (bicyclic) bond motifs is 1. The van der Waals surface area contributed by atoms with Crippen LogP contribution in [0.4, 0.5) is 0 Å². The Balaban J connectivity index is 1.55. The standard InChI is InChI=1S/C27H24Cl3NO4/c1-27(14-18-5-2-3-7-21(18)28)15-20-13-17(9-10-23(20)35-27)26(34)31(12-11-24(32)33)16-19-6-4-8-22(29)25(19)30/h2-10,13H,11-12,14-16H2,1H3,(H,32,33)/t27-/m0/s1. The average molecular weight is 533 g/mol. The highest BCUT2D eigenvalue weighted by Crippen LogP contribution is 2.38. The third-order valence-electron chi connectivity index (χ3n) is 6.03. The quantitative estimate of drug-likeness (QED) is 0.350. The molecular formula is C27H24Cl3NO4. The van der Waals surface area contributed by atoms with E-state index < -0.39 is 11.6 Å². The lowest BCUT2D eigenvalue weighted by atomic mass is 9.91. The Kier molecular flexibility index (Phi) is 7.60. The molecule has 0 bridgehead atoms. The van der Waals surface area contributed by atoms with Crippen molar-refractivity contribution >= 4 is 46.7 Å². The predicted octanol–water partition coefficient (Wildman–Crippen LogP) is 6.70. The molecule has 0 aliphatic carbocycles. The Morgan fingerprint density at radius 2 is 1.71 bits per heavy atom. The number of hydrogen-bond acceptors (Lipinski definition) is 3. The number of carbonyl (C=O) groups excluding carboxylic acids is 1. The second-order valence-corrected chi connectivity index (χ2v) is 10.1. The molecule has 0 aromatic heterocycles. The number of carboxylic acids is 1. The average Bonchev–Trinajstić information content (AvgIpc) is 3.15. The molecule has 3 aromatic rings. The van der Waals surface area contributed by atoms with Gasteiger partial charge in [-0.2, -0.15) is 0 Å². The zero-order valence-corrected chi connectivity index (χ0v) is 21.3. The van der Waals surface area contributed by atoms with Gasteiger partial charge in [0.25, 0.3) is 5.91 Å². The summed E-state index contributed by atoms with van der Waals surface area (Å²) in [6, 6.07) is 18.2. The molecule has 0 fully saturated rings. The summed E-state index contributed by atoms with van der Waals surface area (Å²) in [4.78, 5) is 26.2. The summed E-state index contributed by atoms with van der Waals surface area (Å²) in [5.74, 6) is -0.548. The largest absolute Gasteiger partial charge is 0.487 e. The highest BCUT2D eigenvalue weighted by Gasteiger charge is 2.36. The summed E-state index contributed by atoms with van der Waals surface area (Å²) in [6.45, 7) is 2.20. The molecular weight excluding hydrogens is 509 g/mol. The van der Waals surface area contributed by atoms with E-state index in [4.69, 9.17) is 39.5 Å². The van der Waals surface area contributed by atoms with E-state index >= 15 is 0 Å². The van der Waals surface area contributed by atoms with Crippen molar-refractivity contribution < 1.29 is 19.4 Å². The fraction of sp³-hybridized carbons (Fsp3) is 0.259. The van der Waals surface area contributed by atoms with E-state index in [0.717, 1.165) is 16.9 Å². The van der Waals surface area contributed by atoms with E-state index in [1.807, 2.05) is 37.3 Å². The minimum absolute atomic E-state index is 0.0365. The van der Waals surface area contributed by atoms with E-state index in [-0.39, 0.29) is 25.4 Å². The summed E-state index contributed by atoms with van der Waals surface area (Å²) < 4.78 is 6.26. The maximum Gasteiger partial charge on any atom is 0.305 e. The molecule has 1 N–H and O–H groups in total. The van der Waals surface area contributed by atoms with Gasteiger partial charge in [0.1, 0.15) is 11.4 Å². The third kappa shape index (κ3) is 5.92. The zero-order chi connectivity index (χ0) is 25.2. The van der Waals surface area contributed by atoms with E-state index in [9.17, 15) is 14.7 Å². The second-order valence-electron chi connectivity index (χ2n) is 8.90. The van der Waals surface area contributed by atoms with Gasteiger partial charge in [0.2, 0.25) is 0 Å². The fourth-order valence-electron chi connectivity index (χ4n) is 4.34. The molecule has 0 saturated heterocycles. The number of carbonyl (C=O) groups is 2. The molecule has 1 aliphatic rings. The monoisotopic (exact) mass is 531 g/mol. The number of aliphatic carboxylic acids is 1. The Morgan fingerprint density at radius 1 is 1.00 bits per heavy atom. The van der Waals surface area contributed by atoms with Gasteiger partial charge in [-0.25, -0.2) is 0 Å². The van der Waals surface area contributed by atoms with Gasteiger partial charge < -0.3 is 14.7 Å². The molecule has 0 unspecified atom stereocenters. The van der Waals surface area contributed by atoms with Crippen LogP contribution in [0.2, 0.25) is 15.1 Å². The number of nitrogens with zero attached hydrogens (tertiary/aromatic N) is 1. The van der Waals surface area contributed by atoms with Gasteiger partial charge >= 0.3 is 5.97 Å². The number of ether oxygens (including phenoxy) is 1. The van der Waals surface area contributed by atoms with Crippen molar-refractivity contribution in [3.63, 3.8) is 0 Å². The van der Waals surface area contributed by atoms with E-state index in [0.29, 0.717) is 39.0 Å². The fourth-order valence-corrected chi connectivity index (χ4v) is 4.92. The van der Waals surface area contributed by atoms with Crippen molar-refractivity contribution in [2.24, 2.45) is 0 Å². The van der Waals surface area contributed by atoms with Crippen LogP contribution in [0, 0.1) is 0 Å². The highest BCUT2D eigenvalue weighted by atomic mass is 35.5. The minimum Gasteiger partial charge on any atom is -0.487 e. The van der Waals surface area contributed by atoms with Crippen molar-refractivity contribution in [2.45, 2.75) is 38.3 Å². The van der Waals surface area contributed by atoms with E-state index in [2.05, 4.69) is 0 Å². The molecule has 4 rings (SSSR count). The second kappa shape index (κ2) is 10.5. The van der Waals surface area contributed by atoms with Gasteiger partial charge in [0.15, 0.2) is 0 Å². The van der Waals surface area contributed by atoms with Crippen LogP contribution in [-0.4, -0.2) is 34.0 Å². The lowest BCUT2D eigenvalue weighted by molar-refractivity contribution is -0.137. The van der Waals surface area contributed by atoms with E-state index in [1.54, 1.807) is 30.3 Å². The van der Waals surface area contributed by atoms with Crippen LogP contribution in [-0.2, 0) is 24.2 Å². The van der Waals surface area contributed by atoms with Gasteiger partial charge in [0, 0.05) is 36.5 Å². The minimum atomic E-state index is -0.988. The molecule has 35 heavy (non-hydrogen) atoms. The highest BCUT2D eigenvalue weighted by molar-refractivity contribution is 6.42. The zero-order valence-electron chi connectivity index (χ0n) is 19.1. The molecule has 0 spiro atoms. The molecule has 182 valence electrons. The van der Waals surface area contributed by atoms with Crippen LogP contribution in [0.25, 0.3) is 0 Å². The van der Waals surface area contributed by atoms with Gasteiger partial charge in [0.05, 0.1) is 16.5 Å². The maximum atomic E-state index is 13.5. The van der Waals surface area contributed by atoms with Crippen LogP contribution in [0.3, 0.4) is 0 Å². The molecule has 8 heteroatoms. The predicted molar refractivity (Wildman–Crippen MR) is 138 cm³/mol. The van der Waals surface area contributed by atoms with Crippen LogP contribution in [0.5, 0.6) is 5.75 Å². The van der Waals surface area contributed by atoms with Crippen LogP contribution in [0.1, 0.15) is 40.4 Å². The van der Waals surface area contributed by atoms with Crippen LogP contribution in [0.15, 0.2) is 60.7 Å². The lowest BCUT2D eigenvalue weighted by Crippen LogP contribution is -2.33. The van der Waals surface area contributed by atoms with Crippen LogP contribution < -0.4 is 4.74 Å². The Hall–Kier alpha value is -2.73.